The van der Waals surface area contributed by atoms with Crippen LogP contribution in [0.4, 0.5) is 0 Å². The van der Waals surface area contributed by atoms with Crippen LogP contribution in [-0.4, -0.2) is 117 Å². The zero-order chi connectivity index (χ0) is 29.6. The number of carboxylic acids is 8. The molecule has 0 heterocycles. The molecule has 0 rings (SSSR count). The van der Waals surface area contributed by atoms with Crippen LogP contribution in [0.1, 0.15) is 25.7 Å². The minimum Gasteiger partial charge on any atom is -0.550 e. The number of carboxylic acid groups (broad SMARTS) is 8. The molecule has 0 saturated carbocycles. The maximum absolute atomic E-state index is 10.3. The molecule has 0 bridgehead atoms. The van der Waals surface area contributed by atoms with E-state index in [4.69, 9.17) is 46.0 Å². The zero-order valence-electron chi connectivity index (χ0n) is 20.5. The average Bonchev–Trinajstić information content (AvgIpc) is 2.64. The Kier molecular flexibility index (Phi) is 30.2. The molecule has 0 saturated heterocycles. The predicted octanol–water partition coefficient (Wildman–Crippen LogP) is -17.6. The molecule has 0 spiro atoms. The van der Waals surface area contributed by atoms with Gasteiger partial charge in [-0.2, -0.15) is 0 Å². The molecule has 0 fully saturated rings. The van der Waals surface area contributed by atoms with Gasteiger partial charge < -0.3 is 75.7 Å². The van der Waals surface area contributed by atoms with Crippen LogP contribution in [0.5, 0.6) is 0 Å². The number of carbonyl (C=O) groups is 8. The molecule has 39 heavy (non-hydrogen) atoms. The van der Waals surface area contributed by atoms with E-state index in [1.54, 1.807) is 0 Å². The van der Waals surface area contributed by atoms with Gasteiger partial charge in [0.2, 0.25) is 0 Å². The third-order valence-corrected chi connectivity index (χ3v) is 3.34. The second-order valence-corrected chi connectivity index (χ2v) is 6.46. The van der Waals surface area contributed by atoms with Gasteiger partial charge in [-0.15, -0.1) is 0 Å². The van der Waals surface area contributed by atoms with Crippen molar-refractivity contribution in [3.8, 4) is 0 Å². The Labute approximate surface area is 282 Å². The normalized spacial score (nSPS) is 11.3. The summed E-state index contributed by atoms with van der Waals surface area (Å²) in [6.45, 7) is 0. The number of aliphatic hydroxyl groups is 4. The van der Waals surface area contributed by atoms with E-state index < -0.39 is 96.8 Å². The van der Waals surface area contributed by atoms with Crippen LogP contribution in [0.2, 0.25) is 0 Å². The maximum Gasteiger partial charge on any atom is 1.00 e. The number of hydrogen-bond donors (Lipinski definition) is 9. The number of rotatable bonds is 13. The van der Waals surface area contributed by atoms with Crippen molar-refractivity contribution in [1.29, 1.82) is 0 Å². The molecule has 0 radical (unpaired) electrons. The zero-order valence-corrected chi connectivity index (χ0v) is 26.5. The number of aliphatic carboxylic acids is 8. The molecule has 23 heteroatoms. The molecule has 0 aromatic carbocycles. The van der Waals surface area contributed by atoms with Gasteiger partial charge >= 0.3 is 119 Å². The van der Waals surface area contributed by atoms with Crippen LogP contribution in [0.25, 0.3) is 0 Å². The van der Waals surface area contributed by atoms with Crippen LogP contribution in [0, 0.1) is 0 Å². The summed E-state index contributed by atoms with van der Waals surface area (Å²) in [6.07, 6.45) is -9.54. The van der Waals surface area contributed by atoms with Gasteiger partial charge in [-0.05, 0) is 0 Å². The third kappa shape index (κ3) is 24.1. The second kappa shape index (κ2) is 23.3. The summed E-state index contributed by atoms with van der Waals surface area (Å²) in [5.41, 5.74) is -5.71. The van der Waals surface area contributed by atoms with E-state index in [0.29, 0.717) is 0 Å². The molecule has 9 N–H and O–H groups in total. The van der Waals surface area contributed by atoms with Crippen molar-refractivity contribution in [2.45, 2.75) is 49.1 Å². The monoisotopic (exact) mass is 600 g/mol. The van der Waals surface area contributed by atoms with E-state index in [1.807, 2.05) is 0 Å². The molecule has 206 valence electrons. The Balaban J connectivity index is -0.000000102. The third-order valence-electron chi connectivity index (χ3n) is 3.34. The van der Waals surface area contributed by atoms with E-state index >= 15 is 0 Å². The Morgan fingerprint density at radius 2 is 0.795 bits per heavy atom. The minimum atomic E-state index is -2.97. The predicted molar refractivity (Wildman–Crippen MR) is 93.6 cm³/mol. The van der Waals surface area contributed by atoms with E-state index in [0.717, 1.165) is 0 Å². The van der Waals surface area contributed by atoms with Gasteiger partial charge in [0.1, 0.15) is 5.60 Å². The molecular weight excluding hydrogens is 581 g/mol. The van der Waals surface area contributed by atoms with E-state index in [-0.39, 0.29) is 88.7 Å². The molecule has 0 aliphatic heterocycles. The van der Waals surface area contributed by atoms with Crippen LogP contribution in [0.15, 0.2) is 0 Å². The van der Waals surface area contributed by atoms with Crippen molar-refractivity contribution in [2.24, 2.45) is 0 Å². The van der Waals surface area contributed by atoms with Gasteiger partial charge in [-0.25, -0.2) is 14.4 Å². The Hall–Kier alpha value is -1.40. The number of carbonyl (C=O) groups excluding carboxylic acids is 3. The summed E-state index contributed by atoms with van der Waals surface area (Å²) in [5.74, 6) is -14.5. The summed E-state index contributed by atoms with van der Waals surface area (Å²) < 4.78 is 0. The van der Waals surface area contributed by atoms with Gasteiger partial charge in [0.15, 0.2) is 17.8 Å². The molecule has 20 nitrogen and oxygen atoms in total. The van der Waals surface area contributed by atoms with E-state index in [9.17, 15) is 53.7 Å². The van der Waals surface area contributed by atoms with Crippen molar-refractivity contribution >= 4 is 47.8 Å². The van der Waals surface area contributed by atoms with E-state index in [2.05, 4.69) is 0 Å². The standard InChI is InChI=1S/2C6H8O7.C4H6O6.3Na/c2*7-3(8)1-6(13,5(11)12)2-4(9)10;5-1(3(7)8)2(6)4(9)10;;;/h2*13H,1-2H2,(H,7,8)(H,9,10)(H,11,12);1-2,5-6H,(H,7,8)(H,9,10);;;/q;;;3*+1/p-3. The van der Waals surface area contributed by atoms with Crippen LogP contribution in [-0.2, 0) is 38.4 Å². The van der Waals surface area contributed by atoms with Crippen molar-refractivity contribution in [1.82, 2.24) is 0 Å². The largest absolute Gasteiger partial charge is 1.00 e. The molecular formula is C16H19Na3O20. The Morgan fingerprint density at radius 3 is 0.923 bits per heavy atom. The first-order valence-electron chi connectivity index (χ1n) is 8.57. The van der Waals surface area contributed by atoms with Crippen LogP contribution in [0.3, 0.4) is 0 Å². The fraction of sp³-hybridized carbons (Fsp3) is 0.500. The van der Waals surface area contributed by atoms with Gasteiger partial charge in [-0.3, -0.25) is 9.59 Å². The molecule has 0 aromatic rings. The molecule has 0 aliphatic carbocycles. The Bertz CT molecular complexity index is 771. The molecule has 0 amide bonds. The van der Waals surface area contributed by atoms with Gasteiger partial charge in [0.25, 0.3) is 0 Å². The van der Waals surface area contributed by atoms with Crippen molar-refractivity contribution in [2.75, 3.05) is 0 Å². The number of hydrogen-bond acceptors (Lipinski definition) is 15. The first kappa shape index (κ1) is 50.4. The van der Waals surface area contributed by atoms with Crippen molar-refractivity contribution in [3.63, 3.8) is 0 Å². The summed E-state index contributed by atoms with van der Waals surface area (Å²) in [5, 5.41) is 105. The quantitative estimate of drug-likeness (QED) is 0.0885. The second-order valence-electron chi connectivity index (χ2n) is 6.46. The topological polar surface area (TPSA) is 388 Å². The smallest absolute Gasteiger partial charge is 0.550 e. The number of aliphatic hydroxyl groups excluding tert-OH is 2. The van der Waals surface area contributed by atoms with Crippen molar-refractivity contribution in [3.05, 3.63) is 0 Å². The summed E-state index contributed by atoms with van der Waals surface area (Å²) >= 11 is 0. The fourth-order valence-electron chi connectivity index (χ4n) is 1.67. The average molecular weight is 600 g/mol. The molecule has 0 aromatic heterocycles. The summed E-state index contributed by atoms with van der Waals surface area (Å²) in [4.78, 5) is 80.0. The first-order valence-corrected chi connectivity index (χ1v) is 8.57. The van der Waals surface area contributed by atoms with E-state index in [1.165, 1.54) is 0 Å². The van der Waals surface area contributed by atoms with Crippen LogP contribution >= 0.6 is 0 Å². The summed E-state index contributed by atoms with van der Waals surface area (Å²) in [7, 11) is 0. The van der Waals surface area contributed by atoms with Gasteiger partial charge in [0.05, 0.1) is 18.8 Å². The molecule has 2 atom stereocenters. The molecule has 2 unspecified atom stereocenters. The SMILES string of the molecule is O=C(O)C(O)C(O)C(=O)O.O=C(O)CC(O)(CC(=O)O)C(=O)O.O=C([O-])CC(O)(CC(=O)[O-])C(=O)[O-].[Na+].[Na+].[Na+]. The molecule has 0 aliphatic rings. The summed E-state index contributed by atoms with van der Waals surface area (Å²) in [6, 6.07) is 0. The van der Waals surface area contributed by atoms with Gasteiger partial charge in [-0.1, -0.05) is 0 Å². The fourth-order valence-corrected chi connectivity index (χ4v) is 1.67. The van der Waals surface area contributed by atoms with Crippen LogP contribution < -0.4 is 104 Å². The minimum absolute atomic E-state index is 0. The Morgan fingerprint density at radius 1 is 0.538 bits per heavy atom. The first-order chi connectivity index (χ1) is 16.0. The van der Waals surface area contributed by atoms with Gasteiger partial charge in [0, 0.05) is 24.8 Å². The maximum atomic E-state index is 10.3. The van der Waals surface area contributed by atoms with Crippen molar-refractivity contribution < 1.29 is 188 Å².